The van der Waals surface area contributed by atoms with Gasteiger partial charge in [-0.2, -0.15) is 0 Å². The van der Waals surface area contributed by atoms with Gasteiger partial charge in [0, 0.05) is 6.42 Å². The molecule has 0 aromatic heterocycles. The maximum Gasteiger partial charge on any atom is 0.252 e. The lowest BCUT2D eigenvalue weighted by Crippen LogP contribution is -2.41. The monoisotopic (exact) mass is 201 g/mol. The third-order valence-electron chi connectivity index (χ3n) is 3.38. The number of anilines is 1. The Morgan fingerprint density at radius 3 is 2.67 bits per heavy atom. The van der Waals surface area contributed by atoms with Gasteiger partial charge in [-0.3, -0.25) is 4.58 Å². The number of hydrogen-bond donors (Lipinski definition) is 0. The molecule has 0 aliphatic carbocycles. The van der Waals surface area contributed by atoms with Crippen LogP contribution in [0.4, 0.5) is 5.69 Å². The number of para-hydroxylation sites is 1. The predicted molar refractivity (Wildman–Crippen MR) is 62.6 cm³/mol. The summed E-state index contributed by atoms with van der Waals surface area (Å²) >= 11 is 0. The lowest BCUT2D eigenvalue weighted by Gasteiger charge is -2.23. The average molecular weight is 201 g/mol. The molecule has 0 N–H and O–H groups in total. The van der Waals surface area contributed by atoms with Gasteiger partial charge in [0.1, 0.15) is 5.69 Å². The van der Waals surface area contributed by atoms with Gasteiger partial charge in [0.05, 0.1) is 26.1 Å². The van der Waals surface area contributed by atoms with Crippen LogP contribution >= 0.6 is 0 Å². The minimum absolute atomic E-state index is 1.19. The van der Waals surface area contributed by atoms with E-state index in [1.54, 1.807) is 5.84 Å². The molecule has 2 heteroatoms. The molecule has 0 unspecified atom stereocenters. The quantitative estimate of drug-likeness (QED) is 0.631. The molecular formula is C13H17N2+. The van der Waals surface area contributed by atoms with Crippen LogP contribution in [0.3, 0.4) is 0 Å². The Balaban J connectivity index is 1.96. The Morgan fingerprint density at radius 1 is 1.00 bits per heavy atom. The van der Waals surface area contributed by atoms with Gasteiger partial charge in [-0.25, -0.2) is 4.90 Å². The standard InChI is InChI=1S/C13H17N2/c1-2-6-12(7-3-1)15-11-5-10-14-9-4-8-13(14)15/h1-3,6-7H,4-5,8-11H2/q+1. The van der Waals surface area contributed by atoms with E-state index in [0.717, 1.165) is 0 Å². The van der Waals surface area contributed by atoms with E-state index < -0.39 is 0 Å². The van der Waals surface area contributed by atoms with Gasteiger partial charge in [-0.05, 0) is 18.6 Å². The molecule has 2 aliphatic heterocycles. The van der Waals surface area contributed by atoms with Crippen LogP contribution in [0, 0.1) is 0 Å². The first-order valence-electron chi connectivity index (χ1n) is 5.88. The summed E-state index contributed by atoms with van der Waals surface area (Å²) in [6.07, 6.45) is 3.88. The van der Waals surface area contributed by atoms with Gasteiger partial charge in [-0.15, -0.1) is 0 Å². The van der Waals surface area contributed by atoms with Gasteiger partial charge < -0.3 is 0 Å². The molecule has 0 radical (unpaired) electrons. The SMILES string of the molecule is c1ccc(N2CCC[N+]3=C2CCC3)cc1. The van der Waals surface area contributed by atoms with Crippen LogP contribution in [0.2, 0.25) is 0 Å². The fourth-order valence-electron chi connectivity index (χ4n) is 2.70. The molecule has 15 heavy (non-hydrogen) atoms. The molecule has 0 fully saturated rings. The maximum absolute atomic E-state index is 2.55. The zero-order chi connectivity index (χ0) is 10.1. The van der Waals surface area contributed by atoms with Crippen molar-refractivity contribution in [3.63, 3.8) is 0 Å². The Kier molecular flexibility index (Phi) is 2.20. The smallest absolute Gasteiger partial charge is 0.252 e. The molecule has 0 saturated carbocycles. The van der Waals surface area contributed by atoms with E-state index in [1.807, 2.05) is 0 Å². The maximum atomic E-state index is 2.55. The number of nitrogens with zero attached hydrogens (tertiary/aromatic N) is 2. The lowest BCUT2D eigenvalue weighted by molar-refractivity contribution is -0.523. The fourth-order valence-corrected chi connectivity index (χ4v) is 2.70. The Bertz CT molecular complexity index is 381. The largest absolute Gasteiger partial charge is 0.265 e. The Hall–Kier alpha value is -1.31. The molecular weight excluding hydrogens is 184 g/mol. The molecule has 0 spiro atoms. The van der Waals surface area contributed by atoms with Gasteiger partial charge in [0.2, 0.25) is 0 Å². The van der Waals surface area contributed by atoms with E-state index in [0.29, 0.717) is 0 Å². The van der Waals surface area contributed by atoms with Crippen LogP contribution < -0.4 is 4.90 Å². The minimum Gasteiger partial charge on any atom is -0.265 e. The number of amidine groups is 1. The van der Waals surface area contributed by atoms with Gasteiger partial charge in [0.15, 0.2) is 0 Å². The van der Waals surface area contributed by atoms with Crippen LogP contribution in [0.5, 0.6) is 0 Å². The van der Waals surface area contributed by atoms with Crippen molar-refractivity contribution in [2.75, 3.05) is 24.5 Å². The van der Waals surface area contributed by atoms with Crippen molar-refractivity contribution in [1.29, 1.82) is 0 Å². The highest BCUT2D eigenvalue weighted by molar-refractivity contribution is 5.95. The van der Waals surface area contributed by atoms with Crippen molar-refractivity contribution in [3.8, 4) is 0 Å². The third kappa shape index (κ3) is 1.54. The van der Waals surface area contributed by atoms with Gasteiger partial charge >= 0.3 is 0 Å². The first kappa shape index (κ1) is 8.96. The summed E-state index contributed by atoms with van der Waals surface area (Å²) in [5.41, 5.74) is 1.36. The first-order valence-corrected chi connectivity index (χ1v) is 5.88. The summed E-state index contributed by atoms with van der Waals surface area (Å²) in [5, 5.41) is 0. The van der Waals surface area contributed by atoms with Crippen LogP contribution in [0.15, 0.2) is 30.3 Å². The first-order chi connectivity index (χ1) is 7.45. The second kappa shape index (κ2) is 3.69. The molecule has 0 amide bonds. The van der Waals surface area contributed by atoms with Gasteiger partial charge in [0.25, 0.3) is 5.84 Å². The number of benzene rings is 1. The zero-order valence-corrected chi connectivity index (χ0v) is 9.02. The van der Waals surface area contributed by atoms with Crippen LogP contribution in [0.25, 0.3) is 0 Å². The predicted octanol–water partition coefficient (Wildman–Crippen LogP) is 2.10. The van der Waals surface area contributed by atoms with E-state index in [-0.39, 0.29) is 0 Å². The molecule has 1 aromatic carbocycles. The third-order valence-corrected chi connectivity index (χ3v) is 3.38. The zero-order valence-electron chi connectivity index (χ0n) is 9.02. The van der Waals surface area contributed by atoms with Crippen LogP contribution in [0.1, 0.15) is 19.3 Å². The van der Waals surface area contributed by atoms with Crippen molar-refractivity contribution in [2.24, 2.45) is 0 Å². The van der Waals surface area contributed by atoms with Crippen LogP contribution in [-0.4, -0.2) is 30.0 Å². The van der Waals surface area contributed by atoms with Crippen molar-refractivity contribution < 1.29 is 4.58 Å². The summed E-state index contributed by atoms with van der Waals surface area (Å²) in [7, 11) is 0. The van der Waals surface area contributed by atoms with E-state index >= 15 is 0 Å². The van der Waals surface area contributed by atoms with Gasteiger partial charge in [-0.1, -0.05) is 18.2 Å². The molecule has 2 nitrogen and oxygen atoms in total. The number of hydrogen-bond acceptors (Lipinski definition) is 1. The lowest BCUT2D eigenvalue weighted by atomic mass is 10.2. The molecule has 0 bridgehead atoms. The summed E-state index contributed by atoms with van der Waals surface area (Å²) in [6.45, 7) is 3.72. The summed E-state index contributed by atoms with van der Waals surface area (Å²) in [4.78, 5) is 2.50. The molecule has 78 valence electrons. The molecule has 3 rings (SSSR count). The molecule has 0 atom stereocenters. The molecule has 1 aromatic rings. The summed E-state index contributed by atoms with van der Waals surface area (Å²) < 4.78 is 2.55. The van der Waals surface area contributed by atoms with Crippen molar-refractivity contribution in [3.05, 3.63) is 30.3 Å². The van der Waals surface area contributed by atoms with E-state index in [1.165, 1.54) is 44.6 Å². The Morgan fingerprint density at radius 2 is 1.80 bits per heavy atom. The second-order valence-corrected chi connectivity index (χ2v) is 4.35. The highest BCUT2D eigenvalue weighted by Gasteiger charge is 2.31. The molecule has 0 saturated heterocycles. The summed E-state index contributed by atoms with van der Waals surface area (Å²) in [5.74, 6) is 1.55. The topological polar surface area (TPSA) is 6.25 Å². The normalized spacial score (nSPS) is 20.7. The highest BCUT2D eigenvalue weighted by Crippen LogP contribution is 2.21. The fraction of sp³-hybridized carbons (Fsp3) is 0.462. The molecule has 2 aliphatic rings. The van der Waals surface area contributed by atoms with E-state index in [9.17, 15) is 0 Å². The minimum atomic E-state index is 1.19. The molecule has 2 heterocycles. The number of rotatable bonds is 1. The van der Waals surface area contributed by atoms with E-state index in [2.05, 4.69) is 39.8 Å². The van der Waals surface area contributed by atoms with E-state index in [4.69, 9.17) is 0 Å². The average Bonchev–Trinajstić information content (AvgIpc) is 2.78. The Labute approximate surface area is 90.8 Å². The summed E-state index contributed by atoms with van der Waals surface area (Å²) in [6, 6.07) is 10.8. The van der Waals surface area contributed by atoms with Crippen LogP contribution in [-0.2, 0) is 0 Å². The van der Waals surface area contributed by atoms with Crippen molar-refractivity contribution >= 4 is 11.5 Å². The highest BCUT2D eigenvalue weighted by atomic mass is 15.3. The van der Waals surface area contributed by atoms with Crippen molar-refractivity contribution in [1.82, 2.24) is 0 Å². The van der Waals surface area contributed by atoms with Crippen molar-refractivity contribution in [2.45, 2.75) is 19.3 Å². The second-order valence-electron chi connectivity index (χ2n) is 4.35.